The van der Waals surface area contributed by atoms with Gasteiger partial charge in [-0.2, -0.15) is 0 Å². The molecule has 76 valence electrons. The fourth-order valence-corrected chi connectivity index (χ4v) is 1.48. The van der Waals surface area contributed by atoms with Gasteiger partial charge < -0.3 is 9.67 Å². The summed E-state index contributed by atoms with van der Waals surface area (Å²) in [6, 6.07) is 5.02. The van der Waals surface area contributed by atoms with E-state index in [1.54, 1.807) is 30.7 Å². The van der Waals surface area contributed by atoms with Crippen molar-refractivity contribution in [2.45, 2.75) is 6.92 Å². The zero-order valence-electron chi connectivity index (χ0n) is 8.21. The Labute approximate surface area is 86.8 Å². The summed E-state index contributed by atoms with van der Waals surface area (Å²) < 4.78 is 1.85. The molecule has 0 radical (unpaired) electrons. The van der Waals surface area contributed by atoms with Crippen molar-refractivity contribution in [3.8, 4) is 5.69 Å². The Balaban J connectivity index is 2.48. The molecule has 0 spiro atoms. The minimum absolute atomic E-state index is 0.302. The van der Waals surface area contributed by atoms with Gasteiger partial charge in [-0.1, -0.05) is 0 Å². The van der Waals surface area contributed by atoms with Crippen molar-refractivity contribution in [2.75, 3.05) is 0 Å². The SMILES string of the molecule is Cc1cc(C(=O)O)ccc1-n1ccnc1. The number of aromatic carboxylic acids is 1. The molecule has 0 aliphatic rings. The Bertz CT molecular complexity index is 489. The van der Waals surface area contributed by atoms with Crippen molar-refractivity contribution in [2.24, 2.45) is 0 Å². The minimum Gasteiger partial charge on any atom is -0.478 e. The van der Waals surface area contributed by atoms with Gasteiger partial charge in [0, 0.05) is 18.1 Å². The van der Waals surface area contributed by atoms with Crippen LogP contribution in [-0.2, 0) is 0 Å². The van der Waals surface area contributed by atoms with Gasteiger partial charge in [-0.05, 0) is 30.7 Å². The van der Waals surface area contributed by atoms with Crippen LogP contribution in [-0.4, -0.2) is 20.6 Å². The van der Waals surface area contributed by atoms with Crippen molar-refractivity contribution in [1.82, 2.24) is 9.55 Å². The van der Waals surface area contributed by atoms with E-state index in [1.165, 1.54) is 0 Å². The number of hydrogen-bond acceptors (Lipinski definition) is 2. The van der Waals surface area contributed by atoms with Crippen molar-refractivity contribution >= 4 is 5.97 Å². The van der Waals surface area contributed by atoms with Gasteiger partial charge in [0.25, 0.3) is 0 Å². The molecule has 0 amide bonds. The summed E-state index contributed by atoms with van der Waals surface area (Å²) in [5, 5.41) is 8.81. The van der Waals surface area contributed by atoms with Gasteiger partial charge in [-0.3, -0.25) is 0 Å². The standard InChI is InChI=1S/C11H10N2O2/c1-8-6-9(11(14)15)2-3-10(8)13-5-4-12-7-13/h2-7H,1H3,(H,14,15). The number of hydrogen-bond donors (Lipinski definition) is 1. The lowest BCUT2D eigenvalue weighted by atomic mass is 10.1. The van der Waals surface area contributed by atoms with Gasteiger partial charge in [0.2, 0.25) is 0 Å². The van der Waals surface area contributed by atoms with Crippen LogP contribution in [0, 0.1) is 6.92 Å². The summed E-state index contributed by atoms with van der Waals surface area (Å²) in [6.45, 7) is 1.88. The third kappa shape index (κ3) is 1.74. The van der Waals surface area contributed by atoms with Crippen LogP contribution in [0.1, 0.15) is 15.9 Å². The second-order valence-corrected chi connectivity index (χ2v) is 3.28. The lowest BCUT2D eigenvalue weighted by Gasteiger charge is -2.06. The monoisotopic (exact) mass is 202 g/mol. The van der Waals surface area contributed by atoms with E-state index < -0.39 is 5.97 Å². The average Bonchev–Trinajstić information content (AvgIpc) is 2.70. The second kappa shape index (κ2) is 3.57. The molecule has 1 aromatic carbocycles. The fourth-order valence-electron chi connectivity index (χ4n) is 1.48. The molecule has 0 saturated carbocycles. The first kappa shape index (κ1) is 9.45. The Morgan fingerprint density at radius 2 is 2.27 bits per heavy atom. The van der Waals surface area contributed by atoms with Crippen LogP contribution >= 0.6 is 0 Å². The number of carbonyl (C=O) groups is 1. The smallest absolute Gasteiger partial charge is 0.335 e. The molecule has 4 heteroatoms. The third-order valence-electron chi connectivity index (χ3n) is 2.23. The molecule has 2 aromatic rings. The fraction of sp³-hybridized carbons (Fsp3) is 0.0909. The number of benzene rings is 1. The number of nitrogens with zero attached hydrogens (tertiary/aromatic N) is 2. The zero-order chi connectivity index (χ0) is 10.8. The molecule has 1 heterocycles. The molecule has 0 aliphatic carbocycles. The summed E-state index contributed by atoms with van der Waals surface area (Å²) in [7, 11) is 0. The lowest BCUT2D eigenvalue weighted by Crippen LogP contribution is -2.00. The van der Waals surface area contributed by atoms with Gasteiger partial charge in [0.05, 0.1) is 11.9 Å². The predicted octanol–water partition coefficient (Wildman–Crippen LogP) is 1.88. The highest BCUT2D eigenvalue weighted by Crippen LogP contribution is 2.15. The van der Waals surface area contributed by atoms with Crippen LogP contribution in [0.2, 0.25) is 0 Å². The number of aromatic nitrogens is 2. The summed E-state index contributed by atoms with van der Waals surface area (Å²) in [4.78, 5) is 14.7. The average molecular weight is 202 g/mol. The normalized spacial score (nSPS) is 10.2. The van der Waals surface area contributed by atoms with Crippen molar-refractivity contribution < 1.29 is 9.90 Å². The summed E-state index contributed by atoms with van der Waals surface area (Å²) in [5.41, 5.74) is 2.15. The van der Waals surface area contributed by atoms with E-state index in [2.05, 4.69) is 4.98 Å². The molecule has 0 bridgehead atoms. The van der Waals surface area contributed by atoms with Crippen LogP contribution in [0.3, 0.4) is 0 Å². The van der Waals surface area contributed by atoms with Crippen molar-refractivity contribution in [3.05, 3.63) is 48.0 Å². The van der Waals surface area contributed by atoms with Gasteiger partial charge in [-0.25, -0.2) is 9.78 Å². The molecule has 0 atom stereocenters. The highest BCUT2D eigenvalue weighted by Gasteiger charge is 2.06. The maximum atomic E-state index is 10.7. The van der Waals surface area contributed by atoms with Crippen molar-refractivity contribution in [1.29, 1.82) is 0 Å². The summed E-state index contributed by atoms with van der Waals surface area (Å²) in [5.74, 6) is -0.907. The molecule has 0 unspecified atom stereocenters. The number of carboxylic acids is 1. The Kier molecular flexibility index (Phi) is 2.25. The predicted molar refractivity (Wildman–Crippen MR) is 55.3 cm³/mol. The van der Waals surface area contributed by atoms with Crippen LogP contribution < -0.4 is 0 Å². The molecule has 0 aliphatic heterocycles. The molecule has 1 N–H and O–H groups in total. The number of rotatable bonds is 2. The Hall–Kier alpha value is -2.10. The minimum atomic E-state index is -0.907. The first-order valence-corrected chi connectivity index (χ1v) is 4.51. The van der Waals surface area contributed by atoms with Crippen LogP contribution in [0.15, 0.2) is 36.9 Å². The lowest BCUT2D eigenvalue weighted by molar-refractivity contribution is 0.0697. The molecule has 1 aromatic heterocycles. The Morgan fingerprint density at radius 1 is 1.47 bits per heavy atom. The zero-order valence-corrected chi connectivity index (χ0v) is 8.21. The number of aryl methyl sites for hydroxylation is 1. The van der Waals surface area contributed by atoms with Crippen LogP contribution in [0.5, 0.6) is 0 Å². The van der Waals surface area contributed by atoms with Gasteiger partial charge in [0.1, 0.15) is 0 Å². The van der Waals surface area contributed by atoms with E-state index >= 15 is 0 Å². The van der Waals surface area contributed by atoms with Gasteiger partial charge >= 0.3 is 5.97 Å². The maximum Gasteiger partial charge on any atom is 0.335 e. The molecule has 0 saturated heterocycles. The highest BCUT2D eigenvalue weighted by molar-refractivity contribution is 5.88. The number of carboxylic acid groups (broad SMARTS) is 1. The first-order chi connectivity index (χ1) is 7.18. The number of imidazole rings is 1. The largest absolute Gasteiger partial charge is 0.478 e. The first-order valence-electron chi connectivity index (χ1n) is 4.51. The summed E-state index contributed by atoms with van der Waals surface area (Å²) in [6.07, 6.45) is 5.19. The van der Waals surface area contributed by atoms with E-state index in [-0.39, 0.29) is 0 Å². The Morgan fingerprint density at radius 3 is 2.80 bits per heavy atom. The quantitative estimate of drug-likeness (QED) is 0.808. The van der Waals surface area contributed by atoms with E-state index in [0.29, 0.717) is 5.56 Å². The molecule has 0 fully saturated rings. The maximum absolute atomic E-state index is 10.7. The van der Waals surface area contributed by atoms with E-state index in [9.17, 15) is 4.79 Å². The second-order valence-electron chi connectivity index (χ2n) is 3.28. The van der Waals surface area contributed by atoms with E-state index in [0.717, 1.165) is 11.3 Å². The molecule has 4 nitrogen and oxygen atoms in total. The van der Waals surface area contributed by atoms with Gasteiger partial charge in [0.15, 0.2) is 0 Å². The topological polar surface area (TPSA) is 55.1 Å². The van der Waals surface area contributed by atoms with Crippen LogP contribution in [0.25, 0.3) is 5.69 Å². The summed E-state index contributed by atoms with van der Waals surface area (Å²) >= 11 is 0. The van der Waals surface area contributed by atoms with Crippen molar-refractivity contribution in [3.63, 3.8) is 0 Å². The van der Waals surface area contributed by atoms with Crippen LogP contribution in [0.4, 0.5) is 0 Å². The van der Waals surface area contributed by atoms with E-state index in [1.807, 2.05) is 17.7 Å². The van der Waals surface area contributed by atoms with Gasteiger partial charge in [-0.15, -0.1) is 0 Å². The molecular formula is C11H10N2O2. The highest BCUT2D eigenvalue weighted by atomic mass is 16.4. The van der Waals surface area contributed by atoms with E-state index in [4.69, 9.17) is 5.11 Å². The molecular weight excluding hydrogens is 192 g/mol. The molecule has 15 heavy (non-hydrogen) atoms. The molecule has 2 rings (SSSR count). The third-order valence-corrected chi connectivity index (χ3v) is 2.23.